The Kier molecular flexibility index (Phi) is 7.55. The van der Waals surface area contributed by atoms with Crippen LogP contribution in [0.3, 0.4) is 0 Å². The van der Waals surface area contributed by atoms with Crippen molar-refractivity contribution in [3.8, 4) is 33.4 Å². The van der Waals surface area contributed by atoms with Gasteiger partial charge in [-0.3, -0.25) is 0 Å². The molecule has 0 atom stereocenters. The van der Waals surface area contributed by atoms with Gasteiger partial charge in [-0.15, -0.1) is 0 Å². The van der Waals surface area contributed by atoms with Crippen LogP contribution in [0.4, 0.5) is 0 Å². The number of para-hydroxylation sites is 1. The molecule has 1 aliphatic rings. The third-order valence-corrected chi connectivity index (χ3v) is 10.5. The van der Waals surface area contributed by atoms with Gasteiger partial charge in [0.2, 0.25) is 0 Å². The summed E-state index contributed by atoms with van der Waals surface area (Å²) in [6.07, 6.45) is 4.58. The van der Waals surface area contributed by atoms with Crippen LogP contribution in [0.15, 0.2) is 199 Å². The molecule has 0 spiro atoms. The minimum absolute atomic E-state index is 0.892. The van der Waals surface area contributed by atoms with Gasteiger partial charge >= 0.3 is 0 Å². The molecule has 0 saturated carbocycles. The smallest absolute Gasteiger partial charge is 0.143 e. The number of hydrogen-bond donors (Lipinski definition) is 0. The average molecular weight is 675 g/mol. The molecule has 0 bridgehead atoms. The van der Waals surface area contributed by atoms with Crippen LogP contribution >= 0.6 is 0 Å². The van der Waals surface area contributed by atoms with Crippen LogP contribution in [0.5, 0.6) is 0 Å². The van der Waals surface area contributed by atoms with Gasteiger partial charge in [0, 0.05) is 16.3 Å². The van der Waals surface area contributed by atoms with Crippen LogP contribution in [0.25, 0.3) is 78.6 Å². The van der Waals surface area contributed by atoms with E-state index in [-0.39, 0.29) is 0 Å². The maximum atomic E-state index is 6.67. The first kappa shape index (κ1) is 30.8. The van der Waals surface area contributed by atoms with Gasteiger partial charge in [0.25, 0.3) is 0 Å². The summed E-state index contributed by atoms with van der Waals surface area (Å²) in [5.41, 5.74) is 18.7. The van der Waals surface area contributed by atoms with Crippen LogP contribution in [0.1, 0.15) is 33.4 Å². The molecule has 10 rings (SSSR count). The Morgan fingerprint density at radius 2 is 0.981 bits per heavy atom. The van der Waals surface area contributed by atoms with Gasteiger partial charge in [0.05, 0.1) is 0 Å². The lowest BCUT2D eigenvalue weighted by Crippen LogP contribution is -1.89. The minimum atomic E-state index is 0.892. The molecule has 0 saturated heterocycles. The third-order valence-electron chi connectivity index (χ3n) is 10.5. The molecule has 1 nitrogen and oxygen atoms in total. The molecule has 0 radical (unpaired) electrons. The zero-order chi connectivity index (χ0) is 35.1. The fourth-order valence-corrected chi connectivity index (χ4v) is 7.85. The highest BCUT2D eigenvalue weighted by atomic mass is 16.3. The quantitative estimate of drug-likeness (QED) is 0.160. The van der Waals surface area contributed by atoms with Gasteiger partial charge in [-0.05, 0) is 103 Å². The fourth-order valence-electron chi connectivity index (χ4n) is 7.85. The molecular weight excluding hydrogens is 641 g/mol. The summed E-state index contributed by atoms with van der Waals surface area (Å²) in [7, 11) is 0. The molecule has 0 unspecified atom stereocenters. The Labute approximate surface area is 309 Å². The van der Waals surface area contributed by atoms with Crippen molar-refractivity contribution < 1.29 is 4.42 Å². The van der Waals surface area contributed by atoms with Gasteiger partial charge in [-0.1, -0.05) is 176 Å². The Hall–Kier alpha value is -6.96. The van der Waals surface area contributed by atoms with E-state index in [4.69, 9.17) is 4.42 Å². The minimum Gasteiger partial charge on any atom is -0.455 e. The molecular formula is C52H34O. The van der Waals surface area contributed by atoms with Crippen LogP contribution in [-0.2, 0) is 0 Å². The number of rotatable bonds is 6. The topological polar surface area (TPSA) is 13.1 Å². The van der Waals surface area contributed by atoms with E-state index in [0.29, 0.717) is 0 Å². The second kappa shape index (κ2) is 13.0. The van der Waals surface area contributed by atoms with Gasteiger partial charge < -0.3 is 4.42 Å². The second-order valence-corrected chi connectivity index (χ2v) is 13.7. The molecule has 53 heavy (non-hydrogen) atoms. The molecule has 9 aromatic rings. The second-order valence-electron chi connectivity index (χ2n) is 13.7. The first-order valence-corrected chi connectivity index (χ1v) is 18.2. The summed E-state index contributed by atoms with van der Waals surface area (Å²) < 4.78 is 6.67. The molecule has 1 aliphatic carbocycles. The zero-order valence-corrected chi connectivity index (χ0v) is 29.0. The monoisotopic (exact) mass is 674 g/mol. The number of furan rings is 1. The van der Waals surface area contributed by atoms with Gasteiger partial charge in [0.1, 0.15) is 11.2 Å². The lowest BCUT2D eigenvalue weighted by atomic mass is 9.93. The van der Waals surface area contributed by atoms with Crippen molar-refractivity contribution in [2.45, 2.75) is 0 Å². The van der Waals surface area contributed by atoms with Crippen molar-refractivity contribution in [1.29, 1.82) is 0 Å². The highest BCUT2D eigenvalue weighted by Gasteiger charge is 2.24. The summed E-state index contributed by atoms with van der Waals surface area (Å²) in [4.78, 5) is 0. The van der Waals surface area contributed by atoms with Crippen molar-refractivity contribution in [2.24, 2.45) is 0 Å². The molecule has 248 valence electrons. The Balaban J connectivity index is 1.03. The predicted molar refractivity (Wildman–Crippen MR) is 223 cm³/mol. The summed E-state index contributed by atoms with van der Waals surface area (Å²) in [6.45, 7) is 0. The zero-order valence-electron chi connectivity index (χ0n) is 29.0. The Bertz CT molecular complexity index is 2840. The van der Waals surface area contributed by atoms with E-state index in [9.17, 15) is 0 Å². The number of hydrogen-bond acceptors (Lipinski definition) is 1. The van der Waals surface area contributed by atoms with E-state index in [1.165, 1.54) is 61.2 Å². The first-order valence-electron chi connectivity index (χ1n) is 18.2. The average Bonchev–Trinajstić information content (AvgIpc) is 3.76. The SMILES string of the molecule is C(=C1\c2ccccc2-c2ccc(-c3cccc4c3oc3ccc(-c5ccc(/C(=C/c6ccccc6)c6ccccc6)cc5)cc34)cc21)/c1ccccc1. The summed E-state index contributed by atoms with van der Waals surface area (Å²) in [6, 6.07) is 69.3. The van der Waals surface area contributed by atoms with Crippen LogP contribution < -0.4 is 0 Å². The Morgan fingerprint density at radius 3 is 1.75 bits per heavy atom. The van der Waals surface area contributed by atoms with Crippen LogP contribution in [0.2, 0.25) is 0 Å². The van der Waals surface area contributed by atoms with Crippen molar-refractivity contribution in [2.75, 3.05) is 0 Å². The first-order chi connectivity index (χ1) is 26.3. The van der Waals surface area contributed by atoms with E-state index in [2.05, 4.69) is 206 Å². The molecule has 8 aromatic carbocycles. The molecule has 0 amide bonds. The summed E-state index contributed by atoms with van der Waals surface area (Å²) in [5, 5.41) is 2.24. The fraction of sp³-hybridized carbons (Fsp3) is 0. The van der Waals surface area contributed by atoms with E-state index >= 15 is 0 Å². The summed E-state index contributed by atoms with van der Waals surface area (Å²) in [5.74, 6) is 0. The van der Waals surface area contributed by atoms with E-state index in [1.54, 1.807) is 0 Å². The van der Waals surface area contributed by atoms with E-state index in [1.807, 2.05) is 0 Å². The lowest BCUT2D eigenvalue weighted by Gasteiger charge is -2.11. The van der Waals surface area contributed by atoms with Crippen molar-refractivity contribution in [3.05, 3.63) is 228 Å². The molecule has 1 heterocycles. The molecule has 1 heteroatoms. The van der Waals surface area contributed by atoms with E-state index < -0.39 is 0 Å². The highest BCUT2D eigenvalue weighted by molar-refractivity contribution is 6.12. The lowest BCUT2D eigenvalue weighted by molar-refractivity contribution is 0.670. The predicted octanol–water partition coefficient (Wildman–Crippen LogP) is 14.1. The van der Waals surface area contributed by atoms with Crippen molar-refractivity contribution in [1.82, 2.24) is 0 Å². The maximum Gasteiger partial charge on any atom is 0.143 e. The van der Waals surface area contributed by atoms with Crippen LogP contribution in [0, 0.1) is 0 Å². The van der Waals surface area contributed by atoms with Gasteiger partial charge in [0.15, 0.2) is 0 Å². The number of benzene rings is 8. The van der Waals surface area contributed by atoms with Crippen molar-refractivity contribution in [3.63, 3.8) is 0 Å². The highest BCUT2D eigenvalue weighted by Crippen LogP contribution is 2.47. The van der Waals surface area contributed by atoms with Crippen LogP contribution in [-0.4, -0.2) is 0 Å². The molecule has 1 aromatic heterocycles. The molecule has 0 N–H and O–H groups in total. The third kappa shape index (κ3) is 5.60. The summed E-state index contributed by atoms with van der Waals surface area (Å²) >= 11 is 0. The largest absolute Gasteiger partial charge is 0.455 e. The Morgan fingerprint density at radius 1 is 0.377 bits per heavy atom. The maximum absolute atomic E-state index is 6.67. The van der Waals surface area contributed by atoms with Crippen molar-refractivity contribution >= 4 is 45.2 Å². The standard InChI is InChI=1S/C52H34O/c1-4-13-35(14-5-1)31-47(38-17-8-3-9-18-38)39-25-23-37(24-26-39)40-28-30-51-50(33-40)46-22-12-21-42(52(46)53-51)41-27-29-45-43-19-10-11-20-44(43)48(49(45)34-41)32-36-15-6-2-7-16-36/h1-34H/b47-31+,48-32-. The number of fused-ring (bicyclic) bond motifs is 6. The molecule has 0 aliphatic heterocycles. The van der Waals surface area contributed by atoms with Gasteiger partial charge in [-0.2, -0.15) is 0 Å². The normalized spacial score (nSPS) is 13.1. The molecule has 0 fully saturated rings. The van der Waals surface area contributed by atoms with E-state index in [0.717, 1.165) is 38.6 Å². The van der Waals surface area contributed by atoms with Gasteiger partial charge in [-0.25, -0.2) is 0 Å².